The van der Waals surface area contributed by atoms with E-state index in [1.54, 1.807) is 19.3 Å². The average molecular weight is 304 g/mol. The number of thioether (sulfide) groups is 1. The van der Waals surface area contributed by atoms with Crippen LogP contribution in [0.25, 0.3) is 0 Å². The second kappa shape index (κ2) is 6.26. The van der Waals surface area contributed by atoms with Crippen molar-refractivity contribution in [3.8, 4) is 0 Å². The molecule has 3 rings (SSSR count). The third-order valence-corrected chi connectivity index (χ3v) is 4.04. The Balaban J connectivity index is 1.59. The van der Waals surface area contributed by atoms with Crippen molar-refractivity contribution in [2.45, 2.75) is 37.6 Å². The second-order valence-electron chi connectivity index (χ2n) is 4.98. The van der Waals surface area contributed by atoms with Crippen LogP contribution in [0.4, 0.5) is 0 Å². The van der Waals surface area contributed by atoms with Crippen molar-refractivity contribution < 1.29 is 9.21 Å². The van der Waals surface area contributed by atoms with Crippen LogP contribution in [0.3, 0.4) is 0 Å². The van der Waals surface area contributed by atoms with Crippen molar-refractivity contribution >= 4 is 17.7 Å². The van der Waals surface area contributed by atoms with E-state index in [0.29, 0.717) is 29.5 Å². The molecule has 2 heterocycles. The van der Waals surface area contributed by atoms with E-state index in [1.165, 1.54) is 11.8 Å². The highest BCUT2D eigenvalue weighted by atomic mass is 32.2. The molecule has 0 spiro atoms. The maximum Gasteiger partial charge on any atom is 0.277 e. The standard InChI is InChI=1S/C14H16N4O2S/c1-10-16-17-14(20-10)21-9-13(19)18(12-2-3-12)8-11-4-6-15-7-5-11/h4-7,12H,2-3,8-9H2,1H3. The molecule has 2 aromatic heterocycles. The first-order valence-corrected chi connectivity index (χ1v) is 7.82. The Hall–Kier alpha value is -1.89. The minimum Gasteiger partial charge on any atom is -0.416 e. The number of aryl methyl sites for hydroxylation is 1. The van der Waals surface area contributed by atoms with Crippen LogP contribution in [0, 0.1) is 6.92 Å². The molecule has 0 radical (unpaired) electrons. The van der Waals surface area contributed by atoms with Crippen molar-refractivity contribution in [3.63, 3.8) is 0 Å². The fourth-order valence-corrected chi connectivity index (χ4v) is 2.73. The molecule has 0 N–H and O–H groups in total. The van der Waals surface area contributed by atoms with E-state index >= 15 is 0 Å². The van der Waals surface area contributed by atoms with Gasteiger partial charge in [-0.25, -0.2) is 0 Å². The van der Waals surface area contributed by atoms with Gasteiger partial charge in [-0.15, -0.1) is 10.2 Å². The number of amides is 1. The summed E-state index contributed by atoms with van der Waals surface area (Å²) in [5.41, 5.74) is 1.10. The molecule has 1 aliphatic carbocycles. The molecule has 21 heavy (non-hydrogen) atoms. The Morgan fingerprint density at radius 1 is 1.38 bits per heavy atom. The SMILES string of the molecule is Cc1nnc(SCC(=O)N(Cc2ccncc2)C2CC2)o1. The molecule has 0 aromatic carbocycles. The number of aromatic nitrogens is 3. The van der Waals surface area contributed by atoms with Crippen molar-refractivity contribution in [1.29, 1.82) is 0 Å². The van der Waals surface area contributed by atoms with Crippen LogP contribution in [-0.4, -0.2) is 37.8 Å². The third-order valence-electron chi connectivity index (χ3n) is 3.24. The first kappa shape index (κ1) is 14.1. The summed E-state index contributed by atoms with van der Waals surface area (Å²) >= 11 is 1.29. The lowest BCUT2D eigenvalue weighted by atomic mass is 10.2. The zero-order valence-electron chi connectivity index (χ0n) is 11.7. The van der Waals surface area contributed by atoms with Gasteiger partial charge < -0.3 is 9.32 Å². The van der Waals surface area contributed by atoms with Gasteiger partial charge in [0, 0.05) is 31.9 Å². The maximum absolute atomic E-state index is 12.4. The van der Waals surface area contributed by atoms with Gasteiger partial charge in [0.05, 0.1) is 5.75 Å². The van der Waals surface area contributed by atoms with Gasteiger partial charge in [-0.1, -0.05) is 11.8 Å². The van der Waals surface area contributed by atoms with E-state index < -0.39 is 0 Å². The summed E-state index contributed by atoms with van der Waals surface area (Å²) in [4.78, 5) is 18.3. The molecule has 6 nitrogen and oxygen atoms in total. The van der Waals surface area contributed by atoms with Crippen LogP contribution in [-0.2, 0) is 11.3 Å². The predicted octanol–water partition coefficient (Wildman–Crippen LogP) is 2.06. The van der Waals surface area contributed by atoms with Gasteiger partial charge in [0.2, 0.25) is 11.8 Å². The molecule has 0 atom stereocenters. The lowest BCUT2D eigenvalue weighted by Gasteiger charge is -2.22. The van der Waals surface area contributed by atoms with Crippen molar-refractivity contribution in [1.82, 2.24) is 20.1 Å². The van der Waals surface area contributed by atoms with Crippen LogP contribution in [0.5, 0.6) is 0 Å². The Kier molecular flexibility index (Phi) is 4.19. The minimum absolute atomic E-state index is 0.107. The van der Waals surface area contributed by atoms with E-state index in [-0.39, 0.29) is 5.91 Å². The Bertz CT molecular complexity index is 612. The normalized spacial score (nSPS) is 14.1. The highest BCUT2D eigenvalue weighted by Gasteiger charge is 2.32. The summed E-state index contributed by atoms with van der Waals surface area (Å²) < 4.78 is 5.27. The van der Waals surface area contributed by atoms with E-state index in [9.17, 15) is 4.79 Å². The molecule has 1 fully saturated rings. The molecule has 7 heteroatoms. The van der Waals surface area contributed by atoms with Gasteiger partial charge in [0.15, 0.2) is 0 Å². The largest absolute Gasteiger partial charge is 0.416 e. The highest BCUT2D eigenvalue weighted by molar-refractivity contribution is 7.99. The highest BCUT2D eigenvalue weighted by Crippen LogP contribution is 2.29. The van der Waals surface area contributed by atoms with Gasteiger partial charge in [0.1, 0.15) is 0 Å². The van der Waals surface area contributed by atoms with Gasteiger partial charge in [0.25, 0.3) is 5.22 Å². The number of hydrogen-bond acceptors (Lipinski definition) is 6. The molecule has 1 saturated carbocycles. The van der Waals surface area contributed by atoms with Gasteiger partial charge in [-0.2, -0.15) is 0 Å². The van der Waals surface area contributed by atoms with E-state index in [1.807, 2.05) is 17.0 Å². The summed E-state index contributed by atoms with van der Waals surface area (Å²) in [6.07, 6.45) is 5.67. The zero-order chi connectivity index (χ0) is 14.7. The average Bonchev–Trinajstić information content (AvgIpc) is 3.25. The molecule has 0 saturated heterocycles. The molecule has 0 unspecified atom stereocenters. The molecule has 0 bridgehead atoms. The number of carbonyl (C=O) groups is 1. The number of carbonyl (C=O) groups excluding carboxylic acids is 1. The summed E-state index contributed by atoms with van der Waals surface area (Å²) in [6.45, 7) is 2.37. The Morgan fingerprint density at radius 2 is 2.14 bits per heavy atom. The van der Waals surface area contributed by atoms with E-state index in [2.05, 4.69) is 15.2 Å². The maximum atomic E-state index is 12.4. The molecule has 0 aliphatic heterocycles. The summed E-state index contributed by atoms with van der Waals surface area (Å²) in [5, 5.41) is 8.09. The molecule has 1 aliphatic rings. The summed E-state index contributed by atoms with van der Waals surface area (Å²) in [7, 11) is 0. The lowest BCUT2D eigenvalue weighted by molar-refractivity contribution is -0.129. The quantitative estimate of drug-likeness (QED) is 0.761. The minimum atomic E-state index is 0.107. The van der Waals surface area contributed by atoms with Crippen LogP contribution in [0.15, 0.2) is 34.2 Å². The van der Waals surface area contributed by atoms with Gasteiger partial charge in [-0.05, 0) is 30.5 Å². The van der Waals surface area contributed by atoms with Crippen LogP contribution < -0.4 is 0 Å². The number of nitrogens with zero attached hydrogens (tertiary/aromatic N) is 4. The van der Waals surface area contributed by atoms with Crippen molar-refractivity contribution in [2.24, 2.45) is 0 Å². The molecular formula is C14H16N4O2S. The first-order valence-electron chi connectivity index (χ1n) is 6.83. The Labute approximate surface area is 127 Å². The van der Waals surface area contributed by atoms with Gasteiger partial charge in [-0.3, -0.25) is 9.78 Å². The fourth-order valence-electron chi connectivity index (χ4n) is 2.04. The van der Waals surface area contributed by atoms with Gasteiger partial charge >= 0.3 is 0 Å². The zero-order valence-corrected chi connectivity index (χ0v) is 12.5. The smallest absolute Gasteiger partial charge is 0.277 e. The van der Waals surface area contributed by atoms with Crippen molar-refractivity contribution in [3.05, 3.63) is 36.0 Å². The van der Waals surface area contributed by atoms with Crippen molar-refractivity contribution in [2.75, 3.05) is 5.75 Å². The molecule has 1 amide bonds. The predicted molar refractivity (Wildman–Crippen MR) is 77.6 cm³/mol. The number of rotatable bonds is 6. The third kappa shape index (κ3) is 3.81. The topological polar surface area (TPSA) is 72.1 Å². The fraction of sp³-hybridized carbons (Fsp3) is 0.429. The Morgan fingerprint density at radius 3 is 2.76 bits per heavy atom. The summed E-state index contributed by atoms with van der Waals surface area (Å²) in [6, 6.07) is 4.25. The number of pyridine rings is 1. The molecular weight excluding hydrogens is 288 g/mol. The first-order chi connectivity index (χ1) is 10.2. The number of hydrogen-bond donors (Lipinski definition) is 0. The monoisotopic (exact) mass is 304 g/mol. The van der Waals surface area contributed by atoms with E-state index in [0.717, 1.165) is 18.4 Å². The second-order valence-corrected chi connectivity index (χ2v) is 5.91. The molecule has 110 valence electrons. The molecule has 2 aromatic rings. The van der Waals surface area contributed by atoms with Crippen LogP contribution in [0.1, 0.15) is 24.3 Å². The van der Waals surface area contributed by atoms with E-state index in [4.69, 9.17) is 4.42 Å². The van der Waals surface area contributed by atoms with Crippen LogP contribution in [0.2, 0.25) is 0 Å². The lowest BCUT2D eigenvalue weighted by Crippen LogP contribution is -2.33. The summed E-state index contributed by atoms with van der Waals surface area (Å²) in [5.74, 6) is 0.944. The van der Waals surface area contributed by atoms with Crippen LogP contribution >= 0.6 is 11.8 Å².